The maximum atomic E-state index is 13.1. The Kier molecular flexibility index (Phi) is 5.97. The Bertz CT molecular complexity index is 1010. The van der Waals surface area contributed by atoms with E-state index in [4.69, 9.17) is 11.6 Å². The van der Waals surface area contributed by atoms with Gasteiger partial charge < -0.3 is 0 Å². The van der Waals surface area contributed by atoms with E-state index in [2.05, 4.69) is 10.3 Å². The molecule has 1 atom stereocenters. The Hall–Kier alpha value is -1.48. The minimum absolute atomic E-state index is 0.0145. The van der Waals surface area contributed by atoms with E-state index in [0.717, 1.165) is 44.2 Å². The lowest BCUT2D eigenvalue weighted by molar-refractivity contribution is 0.102. The number of nitrogens with one attached hydrogen (secondary N) is 1. The predicted molar refractivity (Wildman–Crippen MR) is 115 cm³/mol. The van der Waals surface area contributed by atoms with Crippen molar-refractivity contribution in [3.05, 3.63) is 39.4 Å². The van der Waals surface area contributed by atoms with E-state index in [1.807, 2.05) is 6.92 Å². The van der Waals surface area contributed by atoms with Crippen molar-refractivity contribution in [2.75, 3.05) is 18.4 Å². The fourth-order valence-electron chi connectivity index (χ4n) is 3.92. The van der Waals surface area contributed by atoms with Crippen LogP contribution in [-0.4, -0.2) is 36.7 Å². The third-order valence-corrected chi connectivity index (χ3v) is 8.92. The van der Waals surface area contributed by atoms with Crippen molar-refractivity contribution >= 4 is 44.0 Å². The second-order valence-corrected chi connectivity index (χ2v) is 11.2. The Morgan fingerprint density at radius 1 is 1.28 bits per heavy atom. The number of sulfonamides is 1. The van der Waals surface area contributed by atoms with Crippen molar-refractivity contribution in [2.45, 2.75) is 50.3 Å². The Labute approximate surface area is 180 Å². The van der Waals surface area contributed by atoms with Crippen molar-refractivity contribution in [3.8, 4) is 0 Å². The van der Waals surface area contributed by atoms with Gasteiger partial charge in [0.2, 0.25) is 10.0 Å². The number of carbonyl (C=O) groups is 1. The van der Waals surface area contributed by atoms with Crippen molar-refractivity contribution in [1.29, 1.82) is 0 Å². The molecule has 1 unspecified atom stereocenters. The average Bonchev–Trinajstić information content (AvgIpc) is 3.10. The lowest BCUT2D eigenvalue weighted by Gasteiger charge is -2.30. The number of anilines is 1. The van der Waals surface area contributed by atoms with E-state index in [0.29, 0.717) is 24.1 Å². The Morgan fingerprint density at radius 3 is 2.83 bits per heavy atom. The normalized spacial score (nSPS) is 20.3. The highest BCUT2D eigenvalue weighted by Gasteiger charge is 2.31. The molecule has 156 valence electrons. The van der Waals surface area contributed by atoms with Gasteiger partial charge in [0.15, 0.2) is 5.13 Å². The van der Waals surface area contributed by atoms with Gasteiger partial charge in [-0.3, -0.25) is 10.1 Å². The van der Waals surface area contributed by atoms with Crippen molar-refractivity contribution in [3.63, 3.8) is 0 Å². The SMILES string of the molecule is CC1CCCN(S(=O)(=O)c2cc(C(=O)Nc3nc4c(s3)CCCC4)ccc2Cl)C1. The molecule has 2 aromatic rings. The van der Waals surface area contributed by atoms with E-state index in [-0.39, 0.29) is 21.4 Å². The highest BCUT2D eigenvalue weighted by atomic mass is 35.5. The number of thiazole rings is 1. The smallest absolute Gasteiger partial charge is 0.257 e. The molecule has 1 aromatic heterocycles. The number of piperidine rings is 1. The third-order valence-electron chi connectivity index (χ3n) is 5.50. The number of fused-ring (bicyclic) bond motifs is 1. The van der Waals surface area contributed by atoms with Gasteiger partial charge >= 0.3 is 0 Å². The van der Waals surface area contributed by atoms with Crippen LogP contribution in [0.5, 0.6) is 0 Å². The van der Waals surface area contributed by atoms with Gasteiger partial charge in [-0.05, 0) is 62.6 Å². The molecule has 1 fully saturated rings. The zero-order valence-electron chi connectivity index (χ0n) is 16.3. The molecule has 0 bridgehead atoms. The van der Waals surface area contributed by atoms with Crippen LogP contribution >= 0.6 is 22.9 Å². The molecule has 1 aliphatic carbocycles. The first-order valence-corrected chi connectivity index (χ1v) is 12.6. The molecule has 1 amide bonds. The maximum Gasteiger partial charge on any atom is 0.257 e. The average molecular weight is 454 g/mol. The van der Waals surface area contributed by atoms with E-state index in [1.165, 1.54) is 32.7 Å². The molecule has 1 N–H and O–H groups in total. The molecule has 9 heteroatoms. The minimum atomic E-state index is -3.75. The van der Waals surface area contributed by atoms with Gasteiger partial charge in [0.1, 0.15) is 4.90 Å². The first-order chi connectivity index (χ1) is 13.8. The molecular formula is C20H24ClN3O3S2. The number of nitrogens with zero attached hydrogens (tertiary/aromatic N) is 2. The zero-order chi connectivity index (χ0) is 20.6. The van der Waals surface area contributed by atoms with Crippen LogP contribution in [-0.2, 0) is 22.9 Å². The molecule has 4 rings (SSSR count). The van der Waals surface area contributed by atoms with E-state index >= 15 is 0 Å². The number of carbonyl (C=O) groups excluding carboxylic acids is 1. The Morgan fingerprint density at radius 2 is 2.07 bits per heavy atom. The second kappa shape index (κ2) is 8.34. The summed E-state index contributed by atoms with van der Waals surface area (Å²) in [5.74, 6) is -0.0732. The topological polar surface area (TPSA) is 79.4 Å². The molecule has 0 radical (unpaired) electrons. The number of rotatable bonds is 4. The second-order valence-electron chi connectivity index (χ2n) is 7.81. The molecule has 1 saturated heterocycles. The fraction of sp³-hybridized carbons (Fsp3) is 0.500. The van der Waals surface area contributed by atoms with Crippen LogP contribution in [0.4, 0.5) is 5.13 Å². The lowest BCUT2D eigenvalue weighted by atomic mass is 10.0. The summed E-state index contributed by atoms with van der Waals surface area (Å²) in [6, 6.07) is 4.40. The lowest BCUT2D eigenvalue weighted by Crippen LogP contribution is -2.39. The number of halogens is 1. The van der Waals surface area contributed by atoms with Gasteiger partial charge in [0.05, 0.1) is 10.7 Å². The molecule has 1 aromatic carbocycles. The largest absolute Gasteiger partial charge is 0.298 e. The zero-order valence-corrected chi connectivity index (χ0v) is 18.7. The van der Waals surface area contributed by atoms with Crippen LogP contribution in [0.25, 0.3) is 0 Å². The summed E-state index contributed by atoms with van der Waals surface area (Å²) >= 11 is 7.72. The summed E-state index contributed by atoms with van der Waals surface area (Å²) in [6.45, 7) is 2.99. The first-order valence-electron chi connectivity index (χ1n) is 9.94. The molecule has 2 aliphatic rings. The third kappa shape index (κ3) is 4.35. The Balaban J connectivity index is 1.57. The van der Waals surface area contributed by atoms with Crippen LogP contribution < -0.4 is 5.32 Å². The van der Waals surface area contributed by atoms with Crippen LogP contribution in [0.15, 0.2) is 23.1 Å². The fourth-order valence-corrected chi connectivity index (χ4v) is 7.06. The van der Waals surface area contributed by atoms with Crippen LogP contribution in [0.2, 0.25) is 5.02 Å². The quantitative estimate of drug-likeness (QED) is 0.746. The predicted octanol–water partition coefficient (Wildman–Crippen LogP) is 4.35. The first kappa shape index (κ1) is 20.8. The van der Waals surface area contributed by atoms with E-state index in [9.17, 15) is 13.2 Å². The molecular weight excluding hydrogens is 430 g/mol. The number of hydrogen-bond donors (Lipinski definition) is 1. The summed E-state index contributed by atoms with van der Waals surface area (Å²) in [5.41, 5.74) is 1.32. The number of aryl methyl sites for hydroxylation is 2. The highest BCUT2D eigenvalue weighted by Crippen LogP contribution is 2.31. The standard InChI is InChI=1S/C20H24ClN3O3S2/c1-13-5-4-10-24(12-13)29(26,27)18-11-14(8-9-15(18)21)19(25)23-20-22-16-6-2-3-7-17(16)28-20/h8-9,11,13H,2-7,10,12H2,1H3,(H,22,23,25). The molecule has 0 saturated carbocycles. The van der Waals surface area contributed by atoms with E-state index in [1.54, 1.807) is 6.07 Å². The molecule has 0 spiro atoms. The van der Waals surface area contributed by atoms with Crippen LogP contribution in [0, 0.1) is 5.92 Å². The maximum absolute atomic E-state index is 13.1. The summed E-state index contributed by atoms with van der Waals surface area (Å²) in [6.07, 6.45) is 6.06. The molecule has 6 nitrogen and oxygen atoms in total. The van der Waals surface area contributed by atoms with Crippen molar-refractivity contribution in [1.82, 2.24) is 9.29 Å². The summed E-state index contributed by atoms with van der Waals surface area (Å²) < 4.78 is 27.7. The molecule has 29 heavy (non-hydrogen) atoms. The molecule has 1 aliphatic heterocycles. The summed E-state index contributed by atoms with van der Waals surface area (Å²) in [5, 5.41) is 3.51. The summed E-state index contributed by atoms with van der Waals surface area (Å²) in [4.78, 5) is 18.5. The number of aromatic nitrogens is 1. The monoisotopic (exact) mass is 453 g/mol. The van der Waals surface area contributed by atoms with Crippen LogP contribution in [0.3, 0.4) is 0 Å². The van der Waals surface area contributed by atoms with Gasteiger partial charge in [-0.15, -0.1) is 11.3 Å². The number of hydrogen-bond acceptors (Lipinski definition) is 5. The van der Waals surface area contributed by atoms with Gasteiger partial charge in [-0.25, -0.2) is 13.4 Å². The van der Waals surface area contributed by atoms with Gasteiger partial charge in [-0.1, -0.05) is 18.5 Å². The van der Waals surface area contributed by atoms with Crippen molar-refractivity contribution in [2.24, 2.45) is 5.92 Å². The number of amides is 1. The number of benzene rings is 1. The summed E-state index contributed by atoms with van der Waals surface area (Å²) in [7, 11) is -3.75. The van der Waals surface area contributed by atoms with Crippen molar-refractivity contribution < 1.29 is 13.2 Å². The van der Waals surface area contributed by atoms with E-state index < -0.39 is 10.0 Å². The van der Waals surface area contributed by atoms with Gasteiger partial charge in [0.25, 0.3) is 5.91 Å². The molecule has 2 heterocycles. The highest BCUT2D eigenvalue weighted by molar-refractivity contribution is 7.89. The van der Waals surface area contributed by atoms with Gasteiger partial charge in [-0.2, -0.15) is 4.31 Å². The minimum Gasteiger partial charge on any atom is -0.298 e. The van der Waals surface area contributed by atoms with Gasteiger partial charge in [0, 0.05) is 23.5 Å². The van der Waals surface area contributed by atoms with Crippen LogP contribution in [0.1, 0.15) is 53.5 Å².